The number of carboxylic acid groups (broad SMARTS) is 1. The first kappa shape index (κ1) is 24.4. The van der Waals surface area contributed by atoms with Gasteiger partial charge in [0, 0.05) is 23.9 Å². The van der Waals surface area contributed by atoms with Gasteiger partial charge in [-0.05, 0) is 30.0 Å². The van der Waals surface area contributed by atoms with E-state index in [0.717, 1.165) is 22.0 Å². The van der Waals surface area contributed by atoms with Gasteiger partial charge in [0.05, 0.1) is 0 Å². The van der Waals surface area contributed by atoms with Crippen LogP contribution in [0.5, 0.6) is 0 Å². The van der Waals surface area contributed by atoms with E-state index in [9.17, 15) is 19.5 Å². The van der Waals surface area contributed by atoms with E-state index < -0.39 is 18.1 Å². The van der Waals surface area contributed by atoms with Gasteiger partial charge < -0.3 is 20.5 Å². The first-order chi connectivity index (χ1) is 15.0. The van der Waals surface area contributed by atoms with Crippen LogP contribution in [0.25, 0.3) is 0 Å². The third-order valence-corrected chi connectivity index (χ3v) is 5.35. The van der Waals surface area contributed by atoms with Crippen LogP contribution in [0.2, 0.25) is 0 Å². The highest BCUT2D eigenvalue weighted by Crippen LogP contribution is 2.17. The number of benzene rings is 2. The maximum atomic E-state index is 12.1. The lowest BCUT2D eigenvalue weighted by molar-refractivity contribution is -0.141. The number of hydrogen-bond donors (Lipinski definition) is 3. The molecule has 2 aromatic rings. The van der Waals surface area contributed by atoms with Crippen molar-refractivity contribution in [1.82, 2.24) is 10.6 Å². The molecular weight excluding hydrogens is 464 g/mol. The Morgan fingerprint density at radius 2 is 1.68 bits per heavy atom. The molecule has 3 N–H and O–H groups in total. The van der Waals surface area contributed by atoms with E-state index in [1.165, 1.54) is 0 Å². The van der Waals surface area contributed by atoms with Crippen molar-refractivity contribution in [2.24, 2.45) is 0 Å². The van der Waals surface area contributed by atoms with Gasteiger partial charge in [-0.1, -0.05) is 70.9 Å². The topological polar surface area (TPSA) is 105 Å². The molecule has 2 aromatic carbocycles. The third-order valence-electron chi connectivity index (χ3n) is 4.58. The monoisotopic (exact) mass is 490 g/mol. The molecule has 0 radical (unpaired) electrons. The normalized spacial score (nSPS) is 11.4. The van der Waals surface area contributed by atoms with E-state index in [1.54, 1.807) is 0 Å². The average Bonchev–Trinajstić information content (AvgIpc) is 2.76. The van der Waals surface area contributed by atoms with E-state index in [2.05, 4.69) is 26.6 Å². The Labute approximate surface area is 190 Å². The van der Waals surface area contributed by atoms with Crippen LogP contribution < -0.4 is 10.6 Å². The molecular formula is C23H27BrN2O5. The molecule has 0 spiro atoms. The zero-order chi connectivity index (χ0) is 22.5. The average molecular weight is 491 g/mol. The first-order valence-electron chi connectivity index (χ1n) is 10.2. The highest BCUT2D eigenvalue weighted by atomic mass is 79.9. The molecule has 0 fully saturated rings. The Morgan fingerprint density at radius 3 is 2.39 bits per heavy atom. The van der Waals surface area contributed by atoms with Crippen molar-refractivity contribution >= 4 is 33.9 Å². The Morgan fingerprint density at radius 1 is 0.968 bits per heavy atom. The Hall–Kier alpha value is -2.87. The molecule has 31 heavy (non-hydrogen) atoms. The number of carbonyl (C=O) groups is 3. The molecule has 0 saturated heterocycles. The molecule has 0 aliphatic carbocycles. The van der Waals surface area contributed by atoms with Crippen LogP contribution >= 0.6 is 15.9 Å². The second kappa shape index (κ2) is 13.4. The van der Waals surface area contributed by atoms with Crippen molar-refractivity contribution in [3.63, 3.8) is 0 Å². The Bertz CT molecular complexity index is 860. The molecule has 166 valence electrons. The predicted octanol–water partition coefficient (Wildman–Crippen LogP) is 4.05. The maximum absolute atomic E-state index is 12.1. The number of halogens is 1. The number of amides is 2. The number of unbranched alkanes of at least 4 members (excludes halogenated alkanes) is 2. The second-order valence-electron chi connectivity index (χ2n) is 7.05. The first-order valence-corrected chi connectivity index (χ1v) is 10.9. The number of carboxylic acids is 1. The van der Waals surface area contributed by atoms with E-state index >= 15 is 0 Å². The lowest BCUT2D eigenvalue weighted by Crippen LogP contribution is -2.42. The highest BCUT2D eigenvalue weighted by molar-refractivity contribution is 9.10. The number of carbonyl (C=O) groups excluding carboxylic acids is 2. The lowest BCUT2D eigenvalue weighted by Gasteiger charge is -2.15. The number of ether oxygens (including phenoxy) is 1. The summed E-state index contributed by atoms with van der Waals surface area (Å²) in [6, 6.07) is 15.8. The van der Waals surface area contributed by atoms with Crippen LogP contribution in [-0.2, 0) is 27.4 Å². The molecule has 1 atom stereocenters. The Balaban J connectivity index is 1.58. The largest absolute Gasteiger partial charge is 0.480 e. The zero-order valence-electron chi connectivity index (χ0n) is 17.2. The molecule has 7 nitrogen and oxygen atoms in total. The number of alkyl carbamates (subject to hydrolysis) is 1. The van der Waals surface area contributed by atoms with Crippen LogP contribution in [0.1, 0.15) is 36.8 Å². The SMILES string of the molecule is O=C(CCCCCNC(=O)OCc1ccccc1)N[C@H](Cc1ccccc1Br)C(=O)O. The van der Waals surface area contributed by atoms with Gasteiger partial charge in [0.25, 0.3) is 0 Å². The van der Waals surface area contributed by atoms with Gasteiger partial charge in [-0.25, -0.2) is 9.59 Å². The molecule has 2 amide bonds. The molecule has 8 heteroatoms. The molecule has 0 aromatic heterocycles. The standard InChI is InChI=1S/C23H27BrN2O5/c24-19-12-7-6-11-18(19)15-20(22(28)29)26-21(27)13-5-2-8-14-25-23(30)31-16-17-9-3-1-4-10-17/h1,3-4,6-7,9-12,20H,2,5,8,13-16H2,(H,25,30)(H,26,27)(H,28,29)/t20-/m1/s1. The minimum atomic E-state index is -1.07. The summed E-state index contributed by atoms with van der Waals surface area (Å²) in [4.78, 5) is 35.3. The molecule has 0 aliphatic heterocycles. The second-order valence-corrected chi connectivity index (χ2v) is 7.91. The minimum Gasteiger partial charge on any atom is -0.480 e. The van der Waals surface area contributed by atoms with Gasteiger partial charge in [0.15, 0.2) is 0 Å². The fraction of sp³-hybridized carbons (Fsp3) is 0.348. The van der Waals surface area contributed by atoms with Gasteiger partial charge >= 0.3 is 12.1 Å². The van der Waals surface area contributed by atoms with Gasteiger partial charge in [-0.2, -0.15) is 0 Å². The summed E-state index contributed by atoms with van der Waals surface area (Å²) >= 11 is 3.39. The highest BCUT2D eigenvalue weighted by Gasteiger charge is 2.21. The number of aliphatic carboxylic acids is 1. The number of rotatable bonds is 12. The van der Waals surface area contributed by atoms with E-state index in [0.29, 0.717) is 19.4 Å². The van der Waals surface area contributed by atoms with Crippen molar-refractivity contribution < 1.29 is 24.2 Å². The maximum Gasteiger partial charge on any atom is 0.407 e. The fourth-order valence-electron chi connectivity index (χ4n) is 2.90. The van der Waals surface area contributed by atoms with Crippen LogP contribution in [0.3, 0.4) is 0 Å². The summed E-state index contributed by atoms with van der Waals surface area (Å²) in [5.41, 5.74) is 1.74. The number of nitrogens with one attached hydrogen (secondary N) is 2. The summed E-state index contributed by atoms with van der Waals surface area (Å²) in [7, 11) is 0. The van der Waals surface area contributed by atoms with Gasteiger partial charge in [0.2, 0.25) is 5.91 Å². The fourth-order valence-corrected chi connectivity index (χ4v) is 3.35. The van der Waals surface area contributed by atoms with Gasteiger partial charge in [0.1, 0.15) is 12.6 Å². The molecule has 0 saturated carbocycles. The van der Waals surface area contributed by atoms with Crippen LogP contribution in [0, 0.1) is 0 Å². The van der Waals surface area contributed by atoms with Crippen molar-refractivity contribution in [3.05, 3.63) is 70.2 Å². The van der Waals surface area contributed by atoms with E-state index in [1.807, 2.05) is 54.6 Å². The van der Waals surface area contributed by atoms with Crippen LogP contribution in [0.15, 0.2) is 59.1 Å². The van der Waals surface area contributed by atoms with Crippen molar-refractivity contribution in [1.29, 1.82) is 0 Å². The molecule has 0 heterocycles. The van der Waals surface area contributed by atoms with Gasteiger partial charge in [-0.3, -0.25) is 4.79 Å². The zero-order valence-corrected chi connectivity index (χ0v) is 18.8. The van der Waals surface area contributed by atoms with Crippen molar-refractivity contribution in [2.45, 2.75) is 44.8 Å². The summed E-state index contributed by atoms with van der Waals surface area (Å²) in [6.45, 7) is 0.673. The third kappa shape index (κ3) is 9.65. The quantitative estimate of drug-likeness (QED) is 0.389. The summed E-state index contributed by atoms with van der Waals surface area (Å²) < 4.78 is 5.93. The molecule has 0 bridgehead atoms. The number of hydrogen-bond acceptors (Lipinski definition) is 4. The molecule has 2 rings (SSSR count). The van der Waals surface area contributed by atoms with E-state index in [-0.39, 0.29) is 25.4 Å². The summed E-state index contributed by atoms with van der Waals surface area (Å²) in [5, 5.41) is 14.7. The Kier molecular flexibility index (Phi) is 10.6. The van der Waals surface area contributed by atoms with Crippen LogP contribution in [-0.4, -0.2) is 35.7 Å². The summed E-state index contributed by atoms with van der Waals surface area (Å²) in [6.07, 6.45) is 2.00. The van der Waals surface area contributed by atoms with Crippen molar-refractivity contribution in [2.75, 3.05) is 6.54 Å². The van der Waals surface area contributed by atoms with Crippen LogP contribution in [0.4, 0.5) is 4.79 Å². The smallest absolute Gasteiger partial charge is 0.407 e. The van der Waals surface area contributed by atoms with Gasteiger partial charge in [-0.15, -0.1) is 0 Å². The lowest BCUT2D eigenvalue weighted by atomic mass is 10.1. The van der Waals surface area contributed by atoms with Crippen molar-refractivity contribution in [3.8, 4) is 0 Å². The predicted molar refractivity (Wildman–Crippen MR) is 121 cm³/mol. The van der Waals surface area contributed by atoms with E-state index in [4.69, 9.17) is 4.74 Å². The minimum absolute atomic E-state index is 0.206. The molecule has 0 unspecified atom stereocenters. The molecule has 0 aliphatic rings. The summed E-state index contributed by atoms with van der Waals surface area (Å²) in [5.74, 6) is -1.36.